The minimum absolute atomic E-state index is 0.168. The van der Waals surface area contributed by atoms with E-state index in [0.717, 1.165) is 38.5 Å². The Balaban J connectivity index is 2.15. The van der Waals surface area contributed by atoms with Crippen molar-refractivity contribution in [1.29, 1.82) is 0 Å². The average Bonchev–Trinajstić information content (AvgIpc) is 3.39. The Morgan fingerprint density at radius 1 is 0.452 bits per heavy atom. The van der Waals surface area contributed by atoms with Crippen molar-refractivity contribution >= 4 is 5.91 Å². The lowest BCUT2D eigenvalue weighted by Gasteiger charge is -2.40. The van der Waals surface area contributed by atoms with Crippen LogP contribution >= 0.6 is 0 Å². The number of hydrogen-bond acceptors (Lipinski definition) is 8. The molecule has 7 unspecified atom stereocenters. The molecule has 1 amide bonds. The van der Waals surface area contributed by atoms with Gasteiger partial charge in [0.1, 0.15) is 24.4 Å². The topological polar surface area (TPSA) is 149 Å². The number of carbonyl (C=O) groups excluding carboxylic acids is 1. The van der Waals surface area contributed by atoms with Crippen LogP contribution in [0.5, 0.6) is 0 Å². The van der Waals surface area contributed by atoms with E-state index < -0.39 is 49.5 Å². The van der Waals surface area contributed by atoms with Gasteiger partial charge in [0, 0.05) is 6.42 Å². The van der Waals surface area contributed by atoms with Crippen molar-refractivity contribution in [2.45, 2.75) is 378 Å². The van der Waals surface area contributed by atoms with Gasteiger partial charge in [0.25, 0.3) is 0 Å². The maximum Gasteiger partial charge on any atom is 0.220 e. The van der Waals surface area contributed by atoms with Gasteiger partial charge in [-0.15, -0.1) is 0 Å². The standard InChI is InChI=1S/C64H125NO8/c1-3-5-7-9-11-13-15-17-19-21-23-25-27-28-29-30-31-32-34-36-38-40-42-44-46-48-50-52-54-60(68)65-57(56-72-64-63(71)62(70)61(69)59(55-66)73-64)58(67)53-51-49-47-45-43-41-39-37-35-33-26-24-22-20-18-16-14-12-10-8-6-4-2/h51,53,57-59,61-64,66-67,69-71H,3-50,52,54-56H2,1-2H3,(H,65,68)/b53-51+. The summed E-state index contributed by atoms with van der Waals surface area (Å²) in [5, 5.41) is 54.7. The summed E-state index contributed by atoms with van der Waals surface area (Å²) in [5.74, 6) is -0.168. The van der Waals surface area contributed by atoms with Crippen molar-refractivity contribution < 1.29 is 39.8 Å². The first-order valence-electron chi connectivity index (χ1n) is 32.4. The maximum atomic E-state index is 13.1. The summed E-state index contributed by atoms with van der Waals surface area (Å²) < 4.78 is 11.3. The molecule has 7 atom stereocenters. The predicted molar refractivity (Wildman–Crippen MR) is 309 cm³/mol. The molecule has 1 saturated heterocycles. The molecule has 0 aromatic carbocycles. The molecule has 1 fully saturated rings. The van der Waals surface area contributed by atoms with Crippen molar-refractivity contribution in [2.75, 3.05) is 13.2 Å². The Hall–Kier alpha value is -1.07. The Kier molecular flexibility index (Phi) is 52.0. The molecule has 0 spiro atoms. The monoisotopic (exact) mass is 1040 g/mol. The van der Waals surface area contributed by atoms with Crippen LogP contribution in [0.3, 0.4) is 0 Å². The number of hydrogen-bond donors (Lipinski definition) is 6. The highest BCUT2D eigenvalue weighted by Crippen LogP contribution is 2.23. The summed E-state index contributed by atoms with van der Waals surface area (Å²) in [7, 11) is 0. The number of nitrogens with one attached hydrogen (secondary N) is 1. The summed E-state index contributed by atoms with van der Waals surface area (Å²) in [6, 6.07) is -0.801. The van der Waals surface area contributed by atoms with Gasteiger partial charge in [-0.3, -0.25) is 4.79 Å². The summed E-state index contributed by atoms with van der Waals surface area (Å²) in [5.41, 5.74) is 0. The van der Waals surface area contributed by atoms with E-state index in [0.29, 0.717) is 6.42 Å². The van der Waals surface area contributed by atoms with Crippen molar-refractivity contribution in [3.8, 4) is 0 Å². The van der Waals surface area contributed by atoms with E-state index in [-0.39, 0.29) is 12.5 Å². The van der Waals surface area contributed by atoms with Crippen LogP contribution in [0.4, 0.5) is 0 Å². The minimum atomic E-state index is -1.56. The third-order valence-electron chi connectivity index (χ3n) is 15.9. The van der Waals surface area contributed by atoms with Crippen molar-refractivity contribution in [3.63, 3.8) is 0 Å². The molecule has 0 bridgehead atoms. The van der Waals surface area contributed by atoms with Crippen molar-refractivity contribution in [1.82, 2.24) is 5.32 Å². The Labute approximate surface area is 452 Å². The van der Waals surface area contributed by atoms with Crippen molar-refractivity contribution in [3.05, 3.63) is 12.2 Å². The van der Waals surface area contributed by atoms with Crippen LogP contribution < -0.4 is 5.32 Å². The van der Waals surface area contributed by atoms with Gasteiger partial charge in [-0.2, -0.15) is 0 Å². The molecule has 434 valence electrons. The van der Waals surface area contributed by atoms with Gasteiger partial charge < -0.3 is 40.3 Å². The van der Waals surface area contributed by atoms with Gasteiger partial charge in [-0.25, -0.2) is 0 Å². The third-order valence-corrected chi connectivity index (χ3v) is 15.9. The molecule has 0 radical (unpaired) electrons. The van der Waals surface area contributed by atoms with Crippen LogP contribution in [-0.4, -0.2) is 87.5 Å². The van der Waals surface area contributed by atoms with E-state index in [1.54, 1.807) is 6.08 Å². The van der Waals surface area contributed by atoms with E-state index in [9.17, 15) is 30.3 Å². The predicted octanol–water partition coefficient (Wildman–Crippen LogP) is 16.7. The lowest BCUT2D eigenvalue weighted by atomic mass is 9.99. The largest absolute Gasteiger partial charge is 0.394 e. The number of carbonyl (C=O) groups is 1. The Morgan fingerprint density at radius 2 is 0.753 bits per heavy atom. The Morgan fingerprint density at radius 3 is 1.07 bits per heavy atom. The Bertz CT molecular complexity index is 1150. The SMILES string of the molecule is CCCCCCCCCCCCCCCCCCCCCC/C=C/C(O)C(COC1OC(CO)C(O)C(O)C1O)NC(=O)CCCCCCCCCCCCCCCCCCCCCCCCCCCCCC. The van der Waals surface area contributed by atoms with Crippen LogP contribution in [0.15, 0.2) is 12.2 Å². The van der Waals surface area contributed by atoms with E-state index in [1.165, 1.54) is 276 Å². The fourth-order valence-electron chi connectivity index (χ4n) is 10.8. The lowest BCUT2D eigenvalue weighted by molar-refractivity contribution is -0.302. The zero-order valence-electron chi connectivity index (χ0n) is 48.4. The molecule has 1 aliphatic rings. The lowest BCUT2D eigenvalue weighted by Crippen LogP contribution is -2.60. The molecule has 1 rings (SSSR count). The molecule has 9 nitrogen and oxygen atoms in total. The fraction of sp³-hybridized carbons (Fsp3) is 0.953. The van der Waals surface area contributed by atoms with E-state index in [1.807, 2.05) is 6.08 Å². The number of aliphatic hydroxyl groups is 5. The van der Waals surface area contributed by atoms with Crippen LogP contribution in [0.1, 0.15) is 335 Å². The molecular weight excluding hydrogens is 911 g/mol. The molecular formula is C64H125NO8. The molecule has 0 aromatic rings. The number of unbranched alkanes of at least 4 members (excludes halogenated alkanes) is 47. The average molecular weight is 1040 g/mol. The van der Waals surface area contributed by atoms with Gasteiger partial charge in [0.2, 0.25) is 5.91 Å². The summed E-state index contributed by atoms with van der Waals surface area (Å²) in [4.78, 5) is 13.1. The first-order chi connectivity index (χ1) is 35.8. The molecule has 1 heterocycles. The molecule has 0 saturated carbocycles. The van der Waals surface area contributed by atoms with Crippen LogP contribution in [0.25, 0.3) is 0 Å². The smallest absolute Gasteiger partial charge is 0.220 e. The second kappa shape index (κ2) is 54.3. The normalized spacial score (nSPS) is 19.0. The first-order valence-corrected chi connectivity index (χ1v) is 32.4. The summed E-state index contributed by atoms with van der Waals surface area (Å²) >= 11 is 0. The summed E-state index contributed by atoms with van der Waals surface area (Å²) in [6.45, 7) is 3.84. The molecule has 9 heteroatoms. The summed E-state index contributed by atoms with van der Waals surface area (Å²) in [6.07, 6.45) is 61.6. The van der Waals surface area contributed by atoms with Crippen LogP contribution in [0.2, 0.25) is 0 Å². The molecule has 0 aliphatic carbocycles. The van der Waals surface area contributed by atoms with Crippen molar-refractivity contribution in [2.24, 2.45) is 0 Å². The maximum absolute atomic E-state index is 13.1. The highest BCUT2D eigenvalue weighted by atomic mass is 16.7. The van der Waals surface area contributed by atoms with Gasteiger partial charge in [0.15, 0.2) is 6.29 Å². The number of allylic oxidation sites excluding steroid dienone is 1. The quantitative estimate of drug-likeness (QED) is 0.0261. The molecule has 1 aliphatic heterocycles. The van der Waals surface area contributed by atoms with Crippen LogP contribution in [-0.2, 0) is 14.3 Å². The van der Waals surface area contributed by atoms with Gasteiger partial charge in [0.05, 0.1) is 25.4 Å². The highest BCUT2D eigenvalue weighted by molar-refractivity contribution is 5.76. The second-order valence-electron chi connectivity index (χ2n) is 22.9. The van der Waals surface area contributed by atoms with Crippen LogP contribution in [0, 0.1) is 0 Å². The van der Waals surface area contributed by atoms with Gasteiger partial charge in [-0.1, -0.05) is 321 Å². The minimum Gasteiger partial charge on any atom is -0.394 e. The number of rotatable bonds is 57. The zero-order chi connectivity index (χ0) is 52.9. The van der Waals surface area contributed by atoms with E-state index >= 15 is 0 Å². The van der Waals surface area contributed by atoms with Gasteiger partial charge in [-0.05, 0) is 19.3 Å². The zero-order valence-corrected chi connectivity index (χ0v) is 48.4. The molecule has 0 aromatic heterocycles. The van der Waals surface area contributed by atoms with E-state index in [2.05, 4.69) is 19.2 Å². The second-order valence-corrected chi connectivity index (χ2v) is 22.9. The fourth-order valence-corrected chi connectivity index (χ4v) is 10.8. The number of ether oxygens (including phenoxy) is 2. The van der Waals surface area contributed by atoms with E-state index in [4.69, 9.17) is 9.47 Å². The first kappa shape index (κ1) is 69.9. The number of aliphatic hydroxyl groups excluding tert-OH is 5. The highest BCUT2D eigenvalue weighted by Gasteiger charge is 2.44. The third kappa shape index (κ3) is 43.6. The molecule has 6 N–H and O–H groups in total. The van der Waals surface area contributed by atoms with Gasteiger partial charge >= 0.3 is 0 Å². The number of amides is 1. The molecule has 73 heavy (non-hydrogen) atoms.